The van der Waals surface area contributed by atoms with Crippen LogP contribution in [-0.2, 0) is 13.2 Å². The van der Waals surface area contributed by atoms with Crippen LogP contribution in [0, 0.1) is 5.82 Å². The zero-order valence-corrected chi connectivity index (χ0v) is 18.1. The highest BCUT2D eigenvalue weighted by Gasteiger charge is 2.10. The number of rotatable bonds is 7. The molecule has 0 spiro atoms. The summed E-state index contributed by atoms with van der Waals surface area (Å²) in [6.07, 6.45) is 3.65. The van der Waals surface area contributed by atoms with Crippen molar-refractivity contribution in [1.29, 1.82) is 0 Å². The molecule has 1 amide bonds. The molecule has 0 aliphatic rings. The summed E-state index contributed by atoms with van der Waals surface area (Å²) >= 11 is 4.73. The van der Waals surface area contributed by atoms with Gasteiger partial charge in [-0.1, -0.05) is 12.1 Å². The molecule has 4 rings (SSSR count). The third-order valence-electron chi connectivity index (χ3n) is 4.25. The SMILES string of the molecule is O=C(Nc1ccc(Cn2cc(Br)cn2)cc1)c1cc(COc2ccc(F)cc2)cs1. The number of aromatic nitrogens is 2. The van der Waals surface area contributed by atoms with Gasteiger partial charge in [0.25, 0.3) is 5.91 Å². The minimum atomic E-state index is -0.306. The summed E-state index contributed by atoms with van der Waals surface area (Å²) in [7, 11) is 0. The second-order valence-electron chi connectivity index (χ2n) is 6.57. The Hall–Kier alpha value is -2.97. The summed E-state index contributed by atoms with van der Waals surface area (Å²) in [6, 6.07) is 15.3. The number of carbonyl (C=O) groups is 1. The Kier molecular flexibility index (Phi) is 6.25. The van der Waals surface area contributed by atoms with Crippen LogP contribution in [0.15, 0.2) is 76.8 Å². The maximum atomic E-state index is 12.9. The first-order chi connectivity index (χ1) is 14.5. The fraction of sp³-hybridized carbons (Fsp3) is 0.0909. The van der Waals surface area contributed by atoms with Gasteiger partial charge in [-0.2, -0.15) is 5.10 Å². The molecule has 0 unspecified atom stereocenters. The van der Waals surface area contributed by atoms with Gasteiger partial charge in [0.15, 0.2) is 0 Å². The van der Waals surface area contributed by atoms with Crippen LogP contribution in [0.4, 0.5) is 10.1 Å². The summed E-state index contributed by atoms with van der Waals surface area (Å²) in [5.74, 6) is 0.104. The van der Waals surface area contributed by atoms with Crippen LogP contribution in [0.25, 0.3) is 0 Å². The van der Waals surface area contributed by atoms with E-state index in [9.17, 15) is 9.18 Å². The molecule has 2 aromatic heterocycles. The summed E-state index contributed by atoms with van der Waals surface area (Å²) in [5.41, 5.74) is 2.69. The number of ether oxygens (including phenoxy) is 1. The second-order valence-corrected chi connectivity index (χ2v) is 8.40. The van der Waals surface area contributed by atoms with E-state index in [1.807, 2.05) is 40.5 Å². The van der Waals surface area contributed by atoms with Gasteiger partial charge in [-0.15, -0.1) is 11.3 Å². The molecule has 0 atom stereocenters. The largest absolute Gasteiger partial charge is 0.489 e. The lowest BCUT2D eigenvalue weighted by Gasteiger charge is -2.06. The zero-order valence-electron chi connectivity index (χ0n) is 15.7. The highest BCUT2D eigenvalue weighted by molar-refractivity contribution is 9.10. The number of hydrogen-bond donors (Lipinski definition) is 1. The molecule has 0 bridgehead atoms. The fourth-order valence-corrected chi connectivity index (χ4v) is 3.89. The van der Waals surface area contributed by atoms with Crippen molar-refractivity contribution in [3.63, 3.8) is 0 Å². The summed E-state index contributed by atoms with van der Waals surface area (Å²) < 4.78 is 21.3. The highest BCUT2D eigenvalue weighted by atomic mass is 79.9. The molecule has 0 saturated heterocycles. The van der Waals surface area contributed by atoms with E-state index in [-0.39, 0.29) is 11.7 Å². The normalized spacial score (nSPS) is 10.7. The van der Waals surface area contributed by atoms with Crippen molar-refractivity contribution < 1.29 is 13.9 Å². The summed E-state index contributed by atoms with van der Waals surface area (Å²) in [4.78, 5) is 13.1. The molecule has 2 aromatic carbocycles. The van der Waals surface area contributed by atoms with Crippen LogP contribution in [-0.4, -0.2) is 15.7 Å². The molecular formula is C22H17BrFN3O2S. The van der Waals surface area contributed by atoms with Crippen LogP contribution in [0.3, 0.4) is 0 Å². The number of halogens is 2. The number of nitrogens with one attached hydrogen (secondary N) is 1. The first kappa shape index (κ1) is 20.3. The van der Waals surface area contributed by atoms with Gasteiger partial charge in [0.1, 0.15) is 18.2 Å². The van der Waals surface area contributed by atoms with Gasteiger partial charge in [-0.25, -0.2) is 4.39 Å². The lowest BCUT2D eigenvalue weighted by atomic mass is 10.2. The van der Waals surface area contributed by atoms with E-state index >= 15 is 0 Å². The van der Waals surface area contributed by atoms with Crippen molar-refractivity contribution in [3.8, 4) is 5.75 Å². The van der Waals surface area contributed by atoms with Gasteiger partial charge in [-0.3, -0.25) is 9.48 Å². The topological polar surface area (TPSA) is 56.2 Å². The molecule has 152 valence electrons. The molecule has 0 aliphatic heterocycles. The van der Waals surface area contributed by atoms with Gasteiger partial charge >= 0.3 is 0 Å². The molecule has 5 nitrogen and oxygen atoms in total. The van der Waals surface area contributed by atoms with Crippen LogP contribution in [0.5, 0.6) is 5.75 Å². The number of anilines is 1. The lowest BCUT2D eigenvalue weighted by Crippen LogP contribution is -2.10. The summed E-state index contributed by atoms with van der Waals surface area (Å²) in [5, 5.41) is 9.02. The molecule has 0 fully saturated rings. The van der Waals surface area contributed by atoms with E-state index in [1.54, 1.807) is 24.4 Å². The molecule has 4 aromatic rings. The number of thiophene rings is 1. The first-order valence-corrected chi connectivity index (χ1v) is 10.8. The van der Waals surface area contributed by atoms with E-state index in [4.69, 9.17) is 4.74 Å². The van der Waals surface area contributed by atoms with Crippen molar-refractivity contribution in [2.45, 2.75) is 13.2 Å². The smallest absolute Gasteiger partial charge is 0.265 e. The van der Waals surface area contributed by atoms with Crippen LogP contribution >= 0.6 is 27.3 Å². The van der Waals surface area contributed by atoms with Gasteiger partial charge in [0.05, 0.1) is 22.1 Å². The number of amides is 1. The quantitative estimate of drug-likeness (QED) is 0.363. The average molecular weight is 486 g/mol. The average Bonchev–Trinajstić information content (AvgIpc) is 3.38. The molecule has 0 saturated carbocycles. The van der Waals surface area contributed by atoms with Gasteiger partial charge in [-0.05, 0) is 69.3 Å². The van der Waals surface area contributed by atoms with Crippen LogP contribution in [0.2, 0.25) is 0 Å². The van der Waals surface area contributed by atoms with Gasteiger partial charge in [0.2, 0.25) is 0 Å². The third kappa shape index (κ3) is 5.34. The Morgan fingerprint density at radius 1 is 1.13 bits per heavy atom. The summed E-state index contributed by atoms with van der Waals surface area (Å²) in [6.45, 7) is 0.968. The zero-order chi connectivity index (χ0) is 20.9. The Balaban J connectivity index is 1.32. The number of nitrogens with zero attached hydrogens (tertiary/aromatic N) is 2. The maximum Gasteiger partial charge on any atom is 0.265 e. The molecular weight excluding hydrogens is 469 g/mol. The Morgan fingerprint density at radius 3 is 2.60 bits per heavy atom. The van der Waals surface area contributed by atoms with Crippen LogP contribution in [0.1, 0.15) is 20.8 Å². The monoisotopic (exact) mass is 485 g/mol. The van der Waals surface area contributed by atoms with Gasteiger partial charge in [0, 0.05) is 17.4 Å². The van der Waals surface area contributed by atoms with Crippen molar-refractivity contribution in [2.24, 2.45) is 0 Å². The van der Waals surface area contributed by atoms with Crippen molar-refractivity contribution >= 4 is 38.9 Å². The lowest BCUT2D eigenvalue weighted by molar-refractivity contribution is 0.103. The van der Waals surface area contributed by atoms with Crippen LogP contribution < -0.4 is 10.1 Å². The van der Waals surface area contributed by atoms with E-state index < -0.39 is 0 Å². The standard InChI is InChI=1S/C22H17BrFN3O2S/c23-17-10-25-27(12-17)11-15-1-5-19(6-2-15)26-22(28)21-9-16(14-30-21)13-29-20-7-3-18(24)4-8-20/h1-10,12,14H,11,13H2,(H,26,28). The molecule has 0 radical (unpaired) electrons. The first-order valence-electron chi connectivity index (χ1n) is 9.09. The molecule has 1 N–H and O–H groups in total. The molecule has 8 heteroatoms. The Morgan fingerprint density at radius 2 is 1.90 bits per heavy atom. The number of carbonyl (C=O) groups excluding carboxylic acids is 1. The third-order valence-corrected chi connectivity index (χ3v) is 5.64. The Labute approximate surface area is 185 Å². The second kappa shape index (κ2) is 9.23. The van der Waals surface area contributed by atoms with E-state index in [0.29, 0.717) is 23.8 Å². The fourth-order valence-electron chi connectivity index (χ4n) is 2.77. The molecule has 30 heavy (non-hydrogen) atoms. The van der Waals surface area contributed by atoms with E-state index in [1.165, 1.54) is 23.5 Å². The predicted octanol–water partition coefficient (Wildman–Crippen LogP) is 5.73. The predicted molar refractivity (Wildman–Crippen MR) is 118 cm³/mol. The van der Waals surface area contributed by atoms with E-state index in [2.05, 4.69) is 26.3 Å². The molecule has 0 aliphatic carbocycles. The minimum Gasteiger partial charge on any atom is -0.489 e. The highest BCUT2D eigenvalue weighted by Crippen LogP contribution is 2.20. The number of hydrogen-bond acceptors (Lipinski definition) is 4. The van der Waals surface area contributed by atoms with Crippen molar-refractivity contribution in [3.05, 3.63) is 98.7 Å². The Bertz CT molecular complexity index is 1140. The van der Waals surface area contributed by atoms with E-state index in [0.717, 1.165) is 21.3 Å². The minimum absolute atomic E-state index is 0.170. The van der Waals surface area contributed by atoms with Crippen molar-refractivity contribution in [2.75, 3.05) is 5.32 Å². The van der Waals surface area contributed by atoms with Gasteiger partial charge < -0.3 is 10.1 Å². The molecule has 2 heterocycles. The maximum absolute atomic E-state index is 12.9. The van der Waals surface area contributed by atoms with Crippen molar-refractivity contribution in [1.82, 2.24) is 9.78 Å². The number of benzene rings is 2.